The number of hydrogen-bond acceptors (Lipinski definition) is 5. The van der Waals surface area contributed by atoms with E-state index in [0.717, 1.165) is 5.39 Å². The van der Waals surface area contributed by atoms with E-state index in [1.54, 1.807) is 25.3 Å². The Morgan fingerprint density at radius 1 is 1.04 bits per heavy atom. The largest absolute Gasteiger partial charge is 0.493 e. The third kappa shape index (κ3) is 4.06. The Bertz CT molecular complexity index is 963. The topological polar surface area (TPSA) is 69.9 Å². The molecule has 0 saturated heterocycles. The van der Waals surface area contributed by atoms with Crippen molar-refractivity contribution in [1.82, 2.24) is 5.32 Å². The molecule has 1 heterocycles. The third-order valence-corrected chi connectivity index (χ3v) is 4.33. The molecule has 2 aromatic carbocycles. The maximum atomic E-state index is 12.7. The summed E-state index contributed by atoms with van der Waals surface area (Å²) < 4.78 is 22.4. The fourth-order valence-electron chi connectivity index (χ4n) is 2.98. The molecule has 0 aliphatic rings. The maximum Gasteiger partial charge on any atom is 0.252 e. The second-order valence-electron chi connectivity index (χ2n) is 6.25. The highest BCUT2D eigenvalue weighted by Crippen LogP contribution is 2.32. The van der Waals surface area contributed by atoms with E-state index in [0.29, 0.717) is 47.4 Å². The van der Waals surface area contributed by atoms with Crippen molar-refractivity contribution in [3.63, 3.8) is 0 Å². The summed E-state index contributed by atoms with van der Waals surface area (Å²) in [5, 5.41) is 3.90. The number of methoxy groups -OCH3 is 1. The van der Waals surface area contributed by atoms with Crippen LogP contribution in [0.25, 0.3) is 11.0 Å². The normalized spacial score (nSPS) is 11.9. The van der Waals surface area contributed by atoms with E-state index < -0.39 is 0 Å². The number of para-hydroxylation sites is 1. The molecule has 1 unspecified atom stereocenters. The Morgan fingerprint density at radius 2 is 1.79 bits per heavy atom. The fourth-order valence-corrected chi connectivity index (χ4v) is 2.98. The van der Waals surface area contributed by atoms with Crippen LogP contribution in [0.2, 0.25) is 0 Å². The zero-order valence-corrected chi connectivity index (χ0v) is 16.6. The molecular weight excluding hydrogens is 358 g/mol. The first-order valence-corrected chi connectivity index (χ1v) is 9.34. The molecule has 0 aliphatic carbocycles. The van der Waals surface area contributed by atoms with Crippen LogP contribution in [0.15, 0.2) is 46.9 Å². The first-order chi connectivity index (χ1) is 13.6. The zero-order valence-electron chi connectivity index (χ0n) is 16.6. The molecule has 0 fully saturated rings. The molecule has 1 N–H and O–H groups in total. The number of ether oxygens (including phenoxy) is 3. The van der Waals surface area contributed by atoms with Gasteiger partial charge in [0.2, 0.25) is 0 Å². The highest BCUT2D eigenvalue weighted by atomic mass is 16.5. The van der Waals surface area contributed by atoms with Crippen LogP contribution < -0.4 is 19.5 Å². The number of nitrogens with one attached hydrogen (secondary N) is 1. The van der Waals surface area contributed by atoms with Gasteiger partial charge in [0.25, 0.3) is 5.91 Å². The van der Waals surface area contributed by atoms with Crippen molar-refractivity contribution in [3.8, 4) is 17.2 Å². The lowest BCUT2D eigenvalue weighted by molar-refractivity contribution is 0.0935. The van der Waals surface area contributed by atoms with E-state index in [-0.39, 0.29) is 11.9 Å². The summed E-state index contributed by atoms with van der Waals surface area (Å²) in [6.45, 7) is 6.73. The summed E-state index contributed by atoms with van der Waals surface area (Å²) in [5.74, 6) is 2.26. The van der Waals surface area contributed by atoms with E-state index in [4.69, 9.17) is 18.6 Å². The number of hydrogen-bond donors (Lipinski definition) is 1. The summed E-state index contributed by atoms with van der Waals surface area (Å²) in [4.78, 5) is 12.7. The van der Waals surface area contributed by atoms with Gasteiger partial charge in [-0.1, -0.05) is 12.1 Å². The molecule has 0 aliphatic heterocycles. The lowest BCUT2D eigenvalue weighted by atomic mass is 10.1. The maximum absolute atomic E-state index is 12.7. The Labute approximate surface area is 164 Å². The van der Waals surface area contributed by atoms with Gasteiger partial charge < -0.3 is 23.9 Å². The number of furan rings is 1. The second-order valence-corrected chi connectivity index (χ2v) is 6.25. The molecule has 0 spiro atoms. The van der Waals surface area contributed by atoms with Crippen LogP contribution in [0.4, 0.5) is 0 Å². The molecule has 0 bridgehead atoms. The Morgan fingerprint density at radius 3 is 2.50 bits per heavy atom. The quantitative estimate of drug-likeness (QED) is 0.609. The van der Waals surface area contributed by atoms with Crippen LogP contribution >= 0.6 is 0 Å². The Kier molecular flexibility index (Phi) is 6.09. The minimum absolute atomic E-state index is 0.221. The van der Waals surface area contributed by atoms with Crippen LogP contribution in [-0.2, 0) is 0 Å². The van der Waals surface area contributed by atoms with E-state index in [9.17, 15) is 4.79 Å². The van der Waals surface area contributed by atoms with Crippen molar-refractivity contribution >= 4 is 16.9 Å². The first-order valence-electron chi connectivity index (χ1n) is 9.34. The average Bonchev–Trinajstić information content (AvgIpc) is 3.14. The summed E-state index contributed by atoms with van der Waals surface area (Å²) in [6.07, 6.45) is 0. The number of carbonyl (C=O) groups is 1. The van der Waals surface area contributed by atoms with Gasteiger partial charge in [-0.05, 0) is 51.1 Å². The van der Waals surface area contributed by atoms with Crippen molar-refractivity contribution in [3.05, 3.63) is 53.8 Å². The van der Waals surface area contributed by atoms with Gasteiger partial charge in [0.1, 0.15) is 5.76 Å². The van der Waals surface area contributed by atoms with E-state index in [2.05, 4.69) is 5.32 Å². The first kappa shape index (κ1) is 19.6. The minimum atomic E-state index is -0.313. The standard InChI is InChI=1S/C22H25NO5/c1-5-26-18-9-7-8-15-12-19(28-21(15)18)14(3)23-22(24)16-10-11-17(25-4)20(13-16)27-6-2/h7-14H,5-6H2,1-4H3,(H,23,24). The molecule has 3 rings (SSSR count). The highest BCUT2D eigenvalue weighted by Gasteiger charge is 2.18. The van der Waals surface area contributed by atoms with Crippen LogP contribution in [0.5, 0.6) is 17.2 Å². The molecule has 3 aromatic rings. The SMILES string of the molecule is CCOc1cc(C(=O)NC(C)c2cc3cccc(OCC)c3o2)ccc1OC. The van der Waals surface area contributed by atoms with Gasteiger partial charge in [-0.15, -0.1) is 0 Å². The summed E-state index contributed by atoms with van der Waals surface area (Å²) >= 11 is 0. The van der Waals surface area contributed by atoms with E-state index in [1.165, 1.54) is 0 Å². The minimum Gasteiger partial charge on any atom is -0.493 e. The highest BCUT2D eigenvalue weighted by molar-refractivity contribution is 5.95. The number of rotatable bonds is 8. The molecule has 148 valence electrons. The van der Waals surface area contributed by atoms with Crippen molar-refractivity contribution in [2.45, 2.75) is 26.8 Å². The number of carbonyl (C=O) groups excluding carboxylic acids is 1. The predicted octanol–water partition coefficient (Wildman–Crippen LogP) is 4.73. The molecule has 6 heteroatoms. The van der Waals surface area contributed by atoms with E-state index >= 15 is 0 Å². The molecular formula is C22H25NO5. The van der Waals surface area contributed by atoms with Gasteiger partial charge in [0.05, 0.1) is 26.4 Å². The second kappa shape index (κ2) is 8.69. The molecule has 6 nitrogen and oxygen atoms in total. The van der Waals surface area contributed by atoms with Crippen molar-refractivity contribution in [1.29, 1.82) is 0 Å². The van der Waals surface area contributed by atoms with Crippen molar-refractivity contribution in [2.24, 2.45) is 0 Å². The summed E-state index contributed by atoms with van der Waals surface area (Å²) in [6, 6.07) is 12.5. The molecule has 0 radical (unpaired) electrons. The van der Waals surface area contributed by atoms with Gasteiger partial charge in [0, 0.05) is 10.9 Å². The van der Waals surface area contributed by atoms with Gasteiger partial charge in [-0.25, -0.2) is 0 Å². The van der Waals surface area contributed by atoms with Crippen LogP contribution in [0.1, 0.15) is 42.9 Å². The van der Waals surface area contributed by atoms with Crippen molar-refractivity contribution < 1.29 is 23.4 Å². The monoisotopic (exact) mass is 383 g/mol. The summed E-state index contributed by atoms with van der Waals surface area (Å²) in [5.41, 5.74) is 1.17. The van der Waals surface area contributed by atoms with Crippen LogP contribution in [0.3, 0.4) is 0 Å². The number of fused-ring (bicyclic) bond motifs is 1. The molecule has 1 aromatic heterocycles. The predicted molar refractivity (Wildman–Crippen MR) is 107 cm³/mol. The molecule has 1 atom stereocenters. The van der Waals surface area contributed by atoms with E-state index in [1.807, 2.05) is 45.0 Å². The van der Waals surface area contributed by atoms with Gasteiger partial charge in [-0.3, -0.25) is 4.79 Å². The lowest BCUT2D eigenvalue weighted by Gasteiger charge is -2.14. The molecule has 0 saturated carbocycles. The van der Waals surface area contributed by atoms with Crippen molar-refractivity contribution in [2.75, 3.05) is 20.3 Å². The summed E-state index contributed by atoms with van der Waals surface area (Å²) in [7, 11) is 1.57. The average molecular weight is 383 g/mol. The van der Waals surface area contributed by atoms with Crippen LogP contribution in [-0.4, -0.2) is 26.2 Å². The molecule has 28 heavy (non-hydrogen) atoms. The smallest absolute Gasteiger partial charge is 0.252 e. The van der Waals surface area contributed by atoms with Crippen LogP contribution in [0, 0.1) is 0 Å². The number of amides is 1. The molecule has 1 amide bonds. The van der Waals surface area contributed by atoms with Gasteiger partial charge >= 0.3 is 0 Å². The Balaban J connectivity index is 1.80. The van der Waals surface area contributed by atoms with Gasteiger partial charge in [-0.2, -0.15) is 0 Å². The Hall–Kier alpha value is -3.15. The lowest BCUT2D eigenvalue weighted by Crippen LogP contribution is -2.26. The fraction of sp³-hybridized carbons (Fsp3) is 0.318. The van der Waals surface area contributed by atoms with Gasteiger partial charge in [0.15, 0.2) is 22.8 Å². The number of benzene rings is 2. The third-order valence-electron chi connectivity index (χ3n) is 4.33. The zero-order chi connectivity index (χ0) is 20.1.